The van der Waals surface area contributed by atoms with Crippen molar-refractivity contribution in [2.24, 2.45) is 0 Å². The molecule has 1 unspecified atom stereocenters. The molecule has 5 heteroatoms. The number of methoxy groups -OCH3 is 1. The Morgan fingerprint density at radius 1 is 1.50 bits per heavy atom. The van der Waals surface area contributed by atoms with Gasteiger partial charge in [0.25, 0.3) is 0 Å². The molecule has 0 spiro atoms. The third kappa shape index (κ3) is 4.33. The lowest BCUT2D eigenvalue weighted by Crippen LogP contribution is -2.39. The van der Waals surface area contributed by atoms with Gasteiger partial charge in [0.15, 0.2) is 0 Å². The van der Waals surface area contributed by atoms with Gasteiger partial charge in [-0.3, -0.25) is 4.79 Å². The zero-order valence-electron chi connectivity index (χ0n) is 10.9. The molecule has 0 radical (unpaired) electrons. The molecule has 0 aliphatic heterocycles. The number of hydrogen-bond donors (Lipinski definition) is 2. The summed E-state index contributed by atoms with van der Waals surface area (Å²) in [7, 11) is 1.58. The molecule has 0 saturated carbocycles. The first-order valence-corrected chi connectivity index (χ1v) is 5.84. The third-order valence-electron chi connectivity index (χ3n) is 2.54. The molecule has 0 fully saturated rings. The van der Waals surface area contributed by atoms with Crippen molar-refractivity contribution in [1.29, 1.82) is 0 Å². The molecule has 18 heavy (non-hydrogen) atoms. The highest BCUT2D eigenvalue weighted by Crippen LogP contribution is 2.14. The van der Waals surface area contributed by atoms with Crippen LogP contribution in [0.4, 0.5) is 10.1 Å². The Kier molecular flexibility index (Phi) is 5.58. The van der Waals surface area contributed by atoms with Gasteiger partial charge in [-0.2, -0.15) is 0 Å². The Balaban J connectivity index is 2.50. The van der Waals surface area contributed by atoms with Gasteiger partial charge < -0.3 is 15.4 Å². The van der Waals surface area contributed by atoms with Crippen LogP contribution in [-0.2, 0) is 9.53 Å². The molecule has 0 bridgehead atoms. The lowest BCUT2D eigenvalue weighted by atomic mass is 10.2. The second-order valence-electron chi connectivity index (χ2n) is 4.11. The van der Waals surface area contributed by atoms with Gasteiger partial charge in [0.2, 0.25) is 5.91 Å². The second-order valence-corrected chi connectivity index (χ2v) is 4.11. The van der Waals surface area contributed by atoms with E-state index in [2.05, 4.69) is 10.6 Å². The Bertz CT molecular complexity index is 410. The minimum Gasteiger partial charge on any atom is -0.383 e. The molecule has 100 valence electrons. The van der Waals surface area contributed by atoms with Crippen molar-refractivity contribution in [3.05, 3.63) is 29.6 Å². The maximum Gasteiger partial charge on any atom is 0.242 e. The number of hydrogen-bond acceptors (Lipinski definition) is 3. The zero-order valence-corrected chi connectivity index (χ0v) is 10.9. The fraction of sp³-hybridized carbons (Fsp3) is 0.462. The first kappa shape index (κ1) is 14.4. The molecule has 1 amide bonds. The van der Waals surface area contributed by atoms with E-state index in [0.29, 0.717) is 18.7 Å². The van der Waals surface area contributed by atoms with Gasteiger partial charge in [-0.05, 0) is 37.6 Å². The summed E-state index contributed by atoms with van der Waals surface area (Å²) in [5.74, 6) is -0.369. The quantitative estimate of drug-likeness (QED) is 0.760. The monoisotopic (exact) mass is 254 g/mol. The number of aryl methyl sites for hydroxylation is 1. The van der Waals surface area contributed by atoms with Crippen molar-refractivity contribution in [1.82, 2.24) is 5.32 Å². The zero-order chi connectivity index (χ0) is 13.5. The number of carbonyl (C=O) groups is 1. The molecule has 0 aromatic heterocycles. The molecule has 1 atom stereocenters. The molecule has 0 saturated heterocycles. The highest BCUT2D eigenvalue weighted by atomic mass is 19.1. The predicted octanol–water partition coefficient (Wildman–Crippen LogP) is 1.70. The van der Waals surface area contributed by atoms with Crippen molar-refractivity contribution in [2.45, 2.75) is 19.9 Å². The molecule has 1 rings (SSSR count). The fourth-order valence-electron chi connectivity index (χ4n) is 1.48. The van der Waals surface area contributed by atoms with Crippen LogP contribution >= 0.6 is 0 Å². The number of halogens is 1. The van der Waals surface area contributed by atoms with E-state index in [1.165, 1.54) is 6.07 Å². The van der Waals surface area contributed by atoms with Crippen molar-refractivity contribution in [3.8, 4) is 0 Å². The maximum atomic E-state index is 13.1. The lowest BCUT2D eigenvalue weighted by molar-refractivity contribution is -0.121. The Labute approximate surface area is 107 Å². The lowest BCUT2D eigenvalue weighted by Gasteiger charge is -2.15. The van der Waals surface area contributed by atoms with Crippen LogP contribution in [0.3, 0.4) is 0 Å². The summed E-state index contributed by atoms with van der Waals surface area (Å²) in [4.78, 5) is 11.7. The normalized spacial score (nSPS) is 12.0. The standard InChI is InChI=1S/C13H19FN2O2/c1-9-8-11(4-5-12(9)14)16-10(2)13(17)15-6-7-18-3/h4-5,8,10,16H,6-7H2,1-3H3,(H,15,17). The van der Waals surface area contributed by atoms with Crippen LogP contribution in [-0.4, -0.2) is 32.2 Å². The van der Waals surface area contributed by atoms with Gasteiger partial charge in [-0.15, -0.1) is 0 Å². The number of benzene rings is 1. The van der Waals surface area contributed by atoms with E-state index in [4.69, 9.17) is 4.74 Å². The van der Waals surface area contributed by atoms with Gasteiger partial charge in [-0.1, -0.05) is 0 Å². The average Bonchev–Trinajstić information content (AvgIpc) is 2.34. The van der Waals surface area contributed by atoms with E-state index in [9.17, 15) is 9.18 Å². The van der Waals surface area contributed by atoms with Crippen LogP contribution in [0.5, 0.6) is 0 Å². The molecular weight excluding hydrogens is 235 g/mol. The third-order valence-corrected chi connectivity index (χ3v) is 2.54. The summed E-state index contributed by atoms with van der Waals surface area (Å²) in [6.45, 7) is 4.39. The summed E-state index contributed by atoms with van der Waals surface area (Å²) < 4.78 is 17.9. The van der Waals surface area contributed by atoms with Crippen LogP contribution < -0.4 is 10.6 Å². The molecule has 0 aliphatic rings. The summed E-state index contributed by atoms with van der Waals surface area (Å²) in [5.41, 5.74) is 1.27. The molecule has 1 aromatic carbocycles. The molecule has 0 aliphatic carbocycles. The summed E-state index contributed by atoms with van der Waals surface area (Å²) >= 11 is 0. The molecule has 1 aromatic rings. The van der Waals surface area contributed by atoms with Gasteiger partial charge in [0, 0.05) is 19.3 Å². The van der Waals surface area contributed by atoms with Crippen molar-refractivity contribution < 1.29 is 13.9 Å². The Morgan fingerprint density at radius 3 is 2.83 bits per heavy atom. The van der Waals surface area contributed by atoms with Crippen molar-refractivity contribution >= 4 is 11.6 Å². The second kappa shape index (κ2) is 6.96. The average molecular weight is 254 g/mol. The van der Waals surface area contributed by atoms with Gasteiger partial charge in [-0.25, -0.2) is 4.39 Å². The number of ether oxygens (including phenoxy) is 1. The topological polar surface area (TPSA) is 50.4 Å². The highest BCUT2D eigenvalue weighted by molar-refractivity contribution is 5.84. The SMILES string of the molecule is COCCNC(=O)C(C)Nc1ccc(F)c(C)c1. The molecule has 4 nitrogen and oxygen atoms in total. The smallest absolute Gasteiger partial charge is 0.242 e. The number of amides is 1. The van der Waals surface area contributed by atoms with E-state index >= 15 is 0 Å². The van der Waals surface area contributed by atoms with Crippen molar-refractivity contribution in [3.63, 3.8) is 0 Å². The largest absolute Gasteiger partial charge is 0.383 e. The van der Waals surface area contributed by atoms with Crippen LogP contribution in [0.1, 0.15) is 12.5 Å². The van der Waals surface area contributed by atoms with E-state index in [1.54, 1.807) is 33.1 Å². The van der Waals surface area contributed by atoms with E-state index in [-0.39, 0.29) is 17.8 Å². The van der Waals surface area contributed by atoms with E-state index in [1.807, 2.05) is 0 Å². The first-order chi connectivity index (χ1) is 8.54. The van der Waals surface area contributed by atoms with Gasteiger partial charge in [0.05, 0.1) is 6.61 Å². The van der Waals surface area contributed by atoms with Crippen LogP contribution in [0.2, 0.25) is 0 Å². The predicted molar refractivity (Wildman–Crippen MR) is 69.1 cm³/mol. The maximum absolute atomic E-state index is 13.1. The van der Waals surface area contributed by atoms with Crippen LogP contribution in [0, 0.1) is 12.7 Å². The van der Waals surface area contributed by atoms with Crippen LogP contribution in [0.15, 0.2) is 18.2 Å². The van der Waals surface area contributed by atoms with E-state index in [0.717, 1.165) is 5.69 Å². The number of anilines is 1. The van der Waals surface area contributed by atoms with Crippen LogP contribution in [0.25, 0.3) is 0 Å². The summed E-state index contributed by atoms with van der Waals surface area (Å²) in [6.07, 6.45) is 0. The Hall–Kier alpha value is -1.62. The summed E-state index contributed by atoms with van der Waals surface area (Å²) in [5, 5.41) is 5.75. The minimum absolute atomic E-state index is 0.117. The minimum atomic E-state index is -0.383. The molecular formula is C13H19FN2O2. The van der Waals surface area contributed by atoms with Gasteiger partial charge >= 0.3 is 0 Å². The van der Waals surface area contributed by atoms with Crippen molar-refractivity contribution in [2.75, 3.05) is 25.6 Å². The van der Waals surface area contributed by atoms with E-state index < -0.39 is 0 Å². The molecule has 2 N–H and O–H groups in total. The number of rotatable bonds is 6. The molecule has 0 heterocycles. The summed E-state index contributed by atoms with van der Waals surface area (Å²) in [6, 6.07) is 4.29. The number of carbonyl (C=O) groups excluding carboxylic acids is 1. The highest BCUT2D eigenvalue weighted by Gasteiger charge is 2.12. The first-order valence-electron chi connectivity index (χ1n) is 5.84. The number of nitrogens with one attached hydrogen (secondary N) is 2. The van der Waals surface area contributed by atoms with Gasteiger partial charge in [0.1, 0.15) is 11.9 Å². The fourth-order valence-corrected chi connectivity index (χ4v) is 1.48. The Morgan fingerprint density at radius 2 is 2.22 bits per heavy atom.